The number of amides is 2. The zero-order valence-electron chi connectivity index (χ0n) is 16.4. The van der Waals surface area contributed by atoms with Crippen molar-refractivity contribution >= 4 is 23.2 Å². The number of hydrogen-bond acceptors (Lipinski definition) is 4. The Hall–Kier alpha value is -3.09. The van der Waals surface area contributed by atoms with Gasteiger partial charge in [0.05, 0.1) is 13.0 Å². The van der Waals surface area contributed by atoms with E-state index in [9.17, 15) is 14.0 Å². The van der Waals surface area contributed by atoms with Crippen molar-refractivity contribution in [1.29, 1.82) is 0 Å². The number of hydrogen-bond donors (Lipinski definition) is 0. The molecule has 6 nitrogen and oxygen atoms in total. The first kappa shape index (κ1) is 19.2. The second-order valence-electron chi connectivity index (χ2n) is 7.39. The van der Waals surface area contributed by atoms with E-state index in [4.69, 9.17) is 4.74 Å². The monoisotopic (exact) mass is 397 g/mol. The molecule has 152 valence electrons. The number of rotatable bonds is 4. The summed E-state index contributed by atoms with van der Waals surface area (Å²) in [6.07, 6.45) is 0.239. The van der Waals surface area contributed by atoms with Gasteiger partial charge >= 0.3 is 0 Å². The Bertz CT molecular complexity index is 877. The number of ether oxygens (including phenoxy) is 1. The molecule has 2 aliphatic heterocycles. The summed E-state index contributed by atoms with van der Waals surface area (Å²) in [7, 11) is 1.60. The average molecular weight is 397 g/mol. The van der Waals surface area contributed by atoms with Crippen LogP contribution in [0.3, 0.4) is 0 Å². The molecule has 0 aromatic heterocycles. The van der Waals surface area contributed by atoms with Crippen LogP contribution in [0, 0.1) is 11.7 Å². The second kappa shape index (κ2) is 8.11. The van der Waals surface area contributed by atoms with Gasteiger partial charge in [0.2, 0.25) is 11.8 Å². The highest BCUT2D eigenvalue weighted by Gasteiger charge is 2.38. The Balaban J connectivity index is 1.35. The van der Waals surface area contributed by atoms with E-state index in [1.54, 1.807) is 24.1 Å². The Kier molecular flexibility index (Phi) is 5.38. The van der Waals surface area contributed by atoms with E-state index >= 15 is 0 Å². The van der Waals surface area contributed by atoms with E-state index in [0.29, 0.717) is 32.7 Å². The summed E-state index contributed by atoms with van der Waals surface area (Å²) >= 11 is 0. The number of nitrogens with zero attached hydrogens (tertiary/aromatic N) is 3. The molecular formula is C22H24FN3O3. The molecule has 0 radical (unpaired) electrons. The summed E-state index contributed by atoms with van der Waals surface area (Å²) < 4.78 is 18.3. The van der Waals surface area contributed by atoms with Gasteiger partial charge in [-0.1, -0.05) is 0 Å². The van der Waals surface area contributed by atoms with Crippen LogP contribution in [-0.4, -0.2) is 56.5 Å². The lowest BCUT2D eigenvalue weighted by molar-refractivity contribution is -0.136. The van der Waals surface area contributed by atoms with Crippen LogP contribution in [0.4, 0.5) is 15.8 Å². The van der Waals surface area contributed by atoms with Crippen LogP contribution in [0.1, 0.15) is 6.42 Å². The Morgan fingerprint density at radius 1 is 0.966 bits per heavy atom. The van der Waals surface area contributed by atoms with Crippen molar-refractivity contribution in [2.75, 3.05) is 49.6 Å². The average Bonchev–Trinajstić information content (AvgIpc) is 3.15. The summed E-state index contributed by atoms with van der Waals surface area (Å²) in [5, 5.41) is 0. The first-order valence-corrected chi connectivity index (χ1v) is 9.79. The molecule has 2 heterocycles. The van der Waals surface area contributed by atoms with Crippen LogP contribution < -0.4 is 14.5 Å². The van der Waals surface area contributed by atoms with Gasteiger partial charge in [0.25, 0.3) is 0 Å². The molecule has 4 rings (SSSR count). The van der Waals surface area contributed by atoms with E-state index in [-0.39, 0.29) is 30.0 Å². The molecule has 2 amide bonds. The molecule has 0 spiro atoms. The molecule has 2 saturated heterocycles. The SMILES string of the molecule is COc1ccc(N2C[C@@H](C(=O)N3CCN(c4ccc(F)cc4)CC3)CC2=O)cc1. The molecule has 1 atom stereocenters. The first-order chi connectivity index (χ1) is 14.0. The standard InChI is InChI=1S/C22H24FN3O3/c1-29-20-8-6-19(7-9-20)26-15-16(14-21(26)27)22(28)25-12-10-24(11-13-25)18-4-2-17(23)3-5-18/h2-9,16H,10-15H2,1H3/t16-/m0/s1. The highest BCUT2D eigenvalue weighted by atomic mass is 19.1. The van der Waals surface area contributed by atoms with Crippen LogP contribution in [0.25, 0.3) is 0 Å². The predicted octanol–water partition coefficient (Wildman–Crippen LogP) is 2.54. The van der Waals surface area contributed by atoms with E-state index in [2.05, 4.69) is 4.90 Å². The number of halogens is 1. The van der Waals surface area contributed by atoms with Crippen molar-refractivity contribution in [3.8, 4) is 5.75 Å². The quantitative estimate of drug-likeness (QED) is 0.796. The summed E-state index contributed by atoms with van der Waals surface area (Å²) in [5.41, 5.74) is 1.74. The Morgan fingerprint density at radius 3 is 2.21 bits per heavy atom. The van der Waals surface area contributed by atoms with E-state index < -0.39 is 0 Å². The van der Waals surface area contributed by atoms with Gasteiger partial charge in [-0.3, -0.25) is 9.59 Å². The summed E-state index contributed by atoms with van der Waals surface area (Å²) in [5.74, 6) is 0.162. The zero-order chi connectivity index (χ0) is 20.4. The molecular weight excluding hydrogens is 373 g/mol. The fourth-order valence-electron chi connectivity index (χ4n) is 3.98. The molecule has 2 fully saturated rings. The Morgan fingerprint density at radius 2 is 1.59 bits per heavy atom. The van der Waals surface area contributed by atoms with Crippen molar-refractivity contribution in [3.63, 3.8) is 0 Å². The van der Waals surface area contributed by atoms with Crippen molar-refractivity contribution in [2.45, 2.75) is 6.42 Å². The first-order valence-electron chi connectivity index (χ1n) is 9.79. The molecule has 29 heavy (non-hydrogen) atoms. The Labute approximate surface area is 169 Å². The maximum atomic E-state index is 13.1. The summed E-state index contributed by atoms with van der Waals surface area (Å²) in [6, 6.07) is 13.7. The van der Waals surface area contributed by atoms with Gasteiger partial charge in [0, 0.05) is 50.5 Å². The van der Waals surface area contributed by atoms with Gasteiger partial charge in [-0.15, -0.1) is 0 Å². The van der Waals surface area contributed by atoms with Gasteiger partial charge in [0.15, 0.2) is 0 Å². The maximum absolute atomic E-state index is 13.1. The van der Waals surface area contributed by atoms with Gasteiger partial charge in [-0.05, 0) is 48.5 Å². The van der Waals surface area contributed by atoms with Crippen LogP contribution in [0.2, 0.25) is 0 Å². The van der Waals surface area contributed by atoms with Gasteiger partial charge in [-0.25, -0.2) is 4.39 Å². The molecule has 2 aliphatic rings. The normalized spacial score (nSPS) is 19.6. The number of methoxy groups -OCH3 is 1. The zero-order valence-corrected chi connectivity index (χ0v) is 16.4. The summed E-state index contributed by atoms with van der Waals surface area (Å²) in [6.45, 7) is 3.00. The van der Waals surface area contributed by atoms with Crippen molar-refractivity contribution in [2.24, 2.45) is 5.92 Å². The largest absolute Gasteiger partial charge is 0.497 e. The highest BCUT2D eigenvalue weighted by molar-refractivity contribution is 6.00. The van der Waals surface area contributed by atoms with Crippen molar-refractivity contribution in [3.05, 3.63) is 54.3 Å². The smallest absolute Gasteiger partial charge is 0.228 e. The number of anilines is 2. The molecule has 2 aromatic carbocycles. The number of carbonyl (C=O) groups is 2. The molecule has 0 aliphatic carbocycles. The third-order valence-corrected chi connectivity index (χ3v) is 5.64. The van der Waals surface area contributed by atoms with Crippen molar-refractivity contribution in [1.82, 2.24) is 4.90 Å². The molecule has 0 bridgehead atoms. The van der Waals surface area contributed by atoms with E-state index in [1.807, 2.05) is 29.2 Å². The molecule has 0 unspecified atom stereocenters. The van der Waals surface area contributed by atoms with Gasteiger partial charge in [-0.2, -0.15) is 0 Å². The number of benzene rings is 2. The topological polar surface area (TPSA) is 53.1 Å². The maximum Gasteiger partial charge on any atom is 0.228 e. The minimum atomic E-state index is -0.318. The van der Waals surface area contributed by atoms with Crippen LogP contribution in [-0.2, 0) is 9.59 Å². The third kappa shape index (κ3) is 4.04. The molecule has 0 saturated carbocycles. The lowest BCUT2D eigenvalue weighted by atomic mass is 10.1. The summed E-state index contributed by atoms with van der Waals surface area (Å²) in [4.78, 5) is 31.1. The van der Waals surface area contributed by atoms with Crippen LogP contribution in [0.5, 0.6) is 5.75 Å². The fraction of sp³-hybridized carbons (Fsp3) is 0.364. The highest BCUT2D eigenvalue weighted by Crippen LogP contribution is 2.28. The molecule has 7 heteroatoms. The van der Waals surface area contributed by atoms with Crippen LogP contribution >= 0.6 is 0 Å². The minimum Gasteiger partial charge on any atom is -0.497 e. The molecule has 0 N–H and O–H groups in total. The fourth-order valence-corrected chi connectivity index (χ4v) is 3.98. The van der Waals surface area contributed by atoms with E-state index in [1.165, 1.54) is 12.1 Å². The van der Waals surface area contributed by atoms with E-state index in [0.717, 1.165) is 17.1 Å². The second-order valence-corrected chi connectivity index (χ2v) is 7.39. The number of carbonyl (C=O) groups excluding carboxylic acids is 2. The number of piperazine rings is 1. The predicted molar refractivity (Wildman–Crippen MR) is 109 cm³/mol. The lowest BCUT2D eigenvalue weighted by Gasteiger charge is -2.37. The molecule has 2 aromatic rings. The third-order valence-electron chi connectivity index (χ3n) is 5.64. The van der Waals surface area contributed by atoms with Gasteiger partial charge < -0.3 is 19.4 Å². The van der Waals surface area contributed by atoms with Crippen molar-refractivity contribution < 1.29 is 18.7 Å². The minimum absolute atomic E-state index is 0.0292. The lowest BCUT2D eigenvalue weighted by Crippen LogP contribution is -2.50. The van der Waals surface area contributed by atoms with Gasteiger partial charge in [0.1, 0.15) is 11.6 Å². The van der Waals surface area contributed by atoms with Crippen LogP contribution in [0.15, 0.2) is 48.5 Å².